The van der Waals surface area contributed by atoms with E-state index in [1.165, 1.54) is 0 Å². The van der Waals surface area contributed by atoms with E-state index in [4.69, 9.17) is 17.0 Å². The van der Waals surface area contributed by atoms with Crippen molar-refractivity contribution in [3.63, 3.8) is 0 Å². The van der Waals surface area contributed by atoms with Crippen molar-refractivity contribution in [1.82, 2.24) is 5.32 Å². The maximum absolute atomic E-state index is 12.2. The lowest BCUT2D eigenvalue weighted by atomic mass is 10.1. The molecule has 0 aromatic heterocycles. The van der Waals surface area contributed by atoms with Crippen LogP contribution in [-0.2, 0) is 4.79 Å². The first-order valence-electron chi connectivity index (χ1n) is 8.53. The van der Waals surface area contributed by atoms with Gasteiger partial charge >= 0.3 is 0 Å². The van der Waals surface area contributed by atoms with E-state index in [1.54, 1.807) is 55.6 Å². The first kappa shape index (κ1) is 20.4. The fourth-order valence-electron chi connectivity index (χ4n) is 2.30. The summed E-state index contributed by atoms with van der Waals surface area (Å²) >= 11 is 5.17. The fraction of sp³-hybridized carbons (Fsp3) is 0.250. The van der Waals surface area contributed by atoms with E-state index < -0.39 is 0 Å². The van der Waals surface area contributed by atoms with E-state index in [1.807, 2.05) is 13.8 Å². The van der Waals surface area contributed by atoms with Gasteiger partial charge in [-0.3, -0.25) is 14.9 Å². The Morgan fingerprint density at radius 1 is 0.963 bits per heavy atom. The molecule has 2 rings (SSSR count). The van der Waals surface area contributed by atoms with Crippen molar-refractivity contribution >= 4 is 40.5 Å². The van der Waals surface area contributed by atoms with E-state index in [9.17, 15) is 9.59 Å². The maximum atomic E-state index is 12.2. The minimum Gasteiger partial charge on any atom is -0.497 e. The molecule has 27 heavy (non-hydrogen) atoms. The molecule has 0 saturated carbocycles. The molecule has 2 aromatic rings. The molecule has 0 aliphatic rings. The lowest BCUT2D eigenvalue weighted by Crippen LogP contribution is -2.34. The van der Waals surface area contributed by atoms with Gasteiger partial charge in [0.1, 0.15) is 5.75 Å². The predicted molar refractivity (Wildman–Crippen MR) is 111 cm³/mol. The van der Waals surface area contributed by atoms with Crippen LogP contribution in [0.4, 0.5) is 11.4 Å². The van der Waals surface area contributed by atoms with Crippen LogP contribution in [-0.4, -0.2) is 24.0 Å². The van der Waals surface area contributed by atoms with Crippen LogP contribution in [0.15, 0.2) is 48.5 Å². The van der Waals surface area contributed by atoms with Gasteiger partial charge < -0.3 is 15.4 Å². The number of hydrogen-bond acceptors (Lipinski definition) is 4. The number of anilines is 2. The third-order valence-electron chi connectivity index (χ3n) is 3.60. The lowest BCUT2D eigenvalue weighted by molar-refractivity contribution is -0.116. The van der Waals surface area contributed by atoms with Crippen LogP contribution in [0.3, 0.4) is 0 Å². The average molecular weight is 385 g/mol. The molecule has 0 fully saturated rings. The Labute approximate surface area is 164 Å². The van der Waals surface area contributed by atoms with Crippen LogP contribution in [0.2, 0.25) is 0 Å². The van der Waals surface area contributed by atoms with Gasteiger partial charge in [0.15, 0.2) is 5.11 Å². The number of amides is 2. The molecular formula is C20H23N3O3S. The largest absolute Gasteiger partial charge is 0.497 e. The summed E-state index contributed by atoms with van der Waals surface area (Å²) in [5, 5.41) is 8.59. The molecule has 0 spiro atoms. The van der Waals surface area contributed by atoms with Gasteiger partial charge in [0.2, 0.25) is 5.91 Å². The Balaban J connectivity index is 1.87. The molecular weight excluding hydrogens is 362 g/mol. The molecule has 2 aromatic carbocycles. The molecule has 142 valence electrons. The number of carbonyl (C=O) groups excluding carboxylic acids is 2. The average Bonchev–Trinajstić information content (AvgIpc) is 2.62. The standard InChI is InChI=1S/C20H23N3O3S/c1-13(2)12-18(24)21-15-6-8-16(9-7-15)22-20(27)23-19(25)14-4-10-17(26-3)11-5-14/h4-11,13H,12H2,1-3H3,(H,21,24)(H2,22,23,25,27). The van der Waals surface area contributed by atoms with E-state index in [0.29, 0.717) is 35.0 Å². The second-order valence-corrected chi connectivity index (χ2v) is 6.77. The highest BCUT2D eigenvalue weighted by atomic mass is 32.1. The molecule has 0 unspecified atom stereocenters. The van der Waals surface area contributed by atoms with Gasteiger partial charge in [-0.15, -0.1) is 0 Å². The van der Waals surface area contributed by atoms with Crippen LogP contribution in [0.25, 0.3) is 0 Å². The fourth-order valence-corrected chi connectivity index (χ4v) is 2.51. The zero-order valence-corrected chi connectivity index (χ0v) is 16.4. The van der Waals surface area contributed by atoms with Crippen LogP contribution in [0, 0.1) is 5.92 Å². The van der Waals surface area contributed by atoms with Crippen LogP contribution in [0.1, 0.15) is 30.6 Å². The Morgan fingerprint density at radius 2 is 1.52 bits per heavy atom. The van der Waals surface area contributed by atoms with Crippen LogP contribution < -0.4 is 20.7 Å². The molecule has 3 N–H and O–H groups in total. The van der Waals surface area contributed by atoms with Crippen molar-refractivity contribution in [3.8, 4) is 5.75 Å². The third-order valence-corrected chi connectivity index (χ3v) is 3.80. The second kappa shape index (κ2) is 9.68. The zero-order chi connectivity index (χ0) is 19.8. The summed E-state index contributed by atoms with van der Waals surface area (Å²) in [5.74, 6) is 0.645. The Morgan fingerprint density at radius 3 is 2.04 bits per heavy atom. The van der Waals surface area contributed by atoms with Gasteiger partial charge in [-0.25, -0.2) is 0 Å². The molecule has 2 amide bonds. The summed E-state index contributed by atoms with van der Waals surface area (Å²) in [6, 6.07) is 13.8. The van der Waals surface area contributed by atoms with E-state index >= 15 is 0 Å². The maximum Gasteiger partial charge on any atom is 0.257 e. The predicted octanol–water partition coefficient (Wildman–Crippen LogP) is 3.81. The first-order chi connectivity index (χ1) is 12.9. The van der Waals surface area contributed by atoms with Gasteiger partial charge in [0.05, 0.1) is 7.11 Å². The molecule has 0 radical (unpaired) electrons. The van der Waals surface area contributed by atoms with Gasteiger partial charge in [-0.1, -0.05) is 13.8 Å². The quantitative estimate of drug-likeness (QED) is 0.659. The zero-order valence-electron chi connectivity index (χ0n) is 15.5. The number of hydrogen-bond donors (Lipinski definition) is 3. The number of benzene rings is 2. The summed E-state index contributed by atoms with van der Waals surface area (Å²) in [6.45, 7) is 3.99. The van der Waals surface area contributed by atoms with E-state index in [0.717, 1.165) is 0 Å². The molecule has 7 heteroatoms. The van der Waals surface area contributed by atoms with Gasteiger partial charge in [-0.05, 0) is 66.7 Å². The minimum atomic E-state index is -0.312. The van der Waals surface area contributed by atoms with Crippen molar-refractivity contribution in [2.75, 3.05) is 17.7 Å². The highest BCUT2D eigenvalue weighted by molar-refractivity contribution is 7.80. The Kier molecular flexibility index (Phi) is 7.31. The molecule has 6 nitrogen and oxygen atoms in total. The summed E-state index contributed by atoms with van der Waals surface area (Å²) in [7, 11) is 1.56. The number of rotatable bonds is 6. The summed E-state index contributed by atoms with van der Waals surface area (Å²) in [6.07, 6.45) is 0.474. The molecule has 0 saturated heterocycles. The minimum absolute atomic E-state index is 0.0204. The van der Waals surface area contributed by atoms with Gasteiger partial charge in [0, 0.05) is 23.4 Å². The normalized spacial score (nSPS) is 10.2. The number of methoxy groups -OCH3 is 1. The topological polar surface area (TPSA) is 79.5 Å². The molecule has 0 atom stereocenters. The van der Waals surface area contributed by atoms with Crippen molar-refractivity contribution in [1.29, 1.82) is 0 Å². The summed E-state index contributed by atoms with van der Waals surface area (Å²) in [5.41, 5.74) is 1.89. The van der Waals surface area contributed by atoms with Crippen molar-refractivity contribution in [3.05, 3.63) is 54.1 Å². The Hall–Kier alpha value is -2.93. The van der Waals surface area contributed by atoms with Gasteiger partial charge in [0.25, 0.3) is 5.91 Å². The highest BCUT2D eigenvalue weighted by Gasteiger charge is 2.09. The molecule has 0 aliphatic carbocycles. The molecule has 0 aliphatic heterocycles. The summed E-state index contributed by atoms with van der Waals surface area (Å²) < 4.78 is 5.07. The molecule has 0 bridgehead atoms. The number of carbonyl (C=O) groups is 2. The SMILES string of the molecule is COc1ccc(C(=O)NC(=S)Nc2ccc(NC(=O)CC(C)C)cc2)cc1. The first-order valence-corrected chi connectivity index (χ1v) is 8.94. The van der Waals surface area contributed by atoms with Crippen LogP contribution in [0.5, 0.6) is 5.75 Å². The van der Waals surface area contributed by atoms with E-state index in [-0.39, 0.29) is 16.9 Å². The summed E-state index contributed by atoms with van der Waals surface area (Å²) in [4.78, 5) is 24.0. The smallest absolute Gasteiger partial charge is 0.257 e. The van der Waals surface area contributed by atoms with Crippen molar-refractivity contribution in [2.24, 2.45) is 5.92 Å². The monoisotopic (exact) mass is 385 g/mol. The Bertz CT molecular complexity index is 802. The lowest BCUT2D eigenvalue weighted by Gasteiger charge is -2.11. The number of thiocarbonyl (C=S) groups is 1. The molecule has 0 heterocycles. The van der Waals surface area contributed by atoms with Gasteiger partial charge in [-0.2, -0.15) is 0 Å². The third kappa shape index (κ3) is 6.71. The number of ether oxygens (including phenoxy) is 1. The number of nitrogens with one attached hydrogen (secondary N) is 3. The van der Waals surface area contributed by atoms with E-state index in [2.05, 4.69) is 16.0 Å². The highest BCUT2D eigenvalue weighted by Crippen LogP contribution is 2.15. The van der Waals surface area contributed by atoms with Crippen molar-refractivity contribution in [2.45, 2.75) is 20.3 Å². The second-order valence-electron chi connectivity index (χ2n) is 6.36. The van der Waals surface area contributed by atoms with Crippen molar-refractivity contribution < 1.29 is 14.3 Å². The van der Waals surface area contributed by atoms with Crippen LogP contribution >= 0.6 is 12.2 Å².